The molecule has 0 unspecified atom stereocenters. The van der Waals surface area contributed by atoms with E-state index in [-0.39, 0.29) is 0 Å². The number of methoxy groups -OCH3 is 1. The lowest BCUT2D eigenvalue weighted by atomic mass is 10.3. The van der Waals surface area contributed by atoms with Gasteiger partial charge in [-0.25, -0.2) is 4.98 Å². The highest BCUT2D eigenvalue weighted by Gasteiger charge is 2.12. The second-order valence-corrected chi connectivity index (χ2v) is 5.02. The van der Waals surface area contributed by atoms with Crippen LogP contribution in [0.15, 0.2) is 16.7 Å². The molecule has 16 heavy (non-hydrogen) atoms. The highest BCUT2D eigenvalue weighted by molar-refractivity contribution is 9.10. The van der Waals surface area contributed by atoms with Crippen molar-refractivity contribution in [2.45, 2.75) is 6.92 Å². The minimum Gasteiger partial charge on any atom is -0.383 e. The van der Waals surface area contributed by atoms with Crippen LogP contribution >= 0.6 is 31.9 Å². The smallest absolute Gasteiger partial charge is 0.143 e. The molecule has 5 heteroatoms. The molecule has 0 fully saturated rings. The fourth-order valence-electron chi connectivity index (χ4n) is 1.37. The van der Waals surface area contributed by atoms with Gasteiger partial charge in [0.2, 0.25) is 0 Å². The van der Waals surface area contributed by atoms with E-state index in [9.17, 15) is 0 Å². The van der Waals surface area contributed by atoms with Gasteiger partial charge >= 0.3 is 0 Å². The zero-order chi connectivity index (χ0) is 12.0. The van der Waals surface area contributed by atoms with Crippen molar-refractivity contribution < 1.29 is 4.74 Å². The second-order valence-electron chi connectivity index (χ2n) is 3.43. The van der Waals surface area contributed by atoms with Crippen molar-refractivity contribution >= 4 is 37.7 Å². The molecule has 0 aliphatic heterocycles. The summed E-state index contributed by atoms with van der Waals surface area (Å²) < 4.78 is 6.17. The topological polar surface area (TPSA) is 25.4 Å². The normalized spacial score (nSPS) is 10.5. The van der Waals surface area contributed by atoms with E-state index in [4.69, 9.17) is 4.74 Å². The van der Waals surface area contributed by atoms with Gasteiger partial charge in [-0.05, 0) is 34.5 Å². The quantitative estimate of drug-likeness (QED) is 0.736. The van der Waals surface area contributed by atoms with Gasteiger partial charge in [0.1, 0.15) is 5.82 Å². The van der Waals surface area contributed by atoms with E-state index < -0.39 is 0 Å². The summed E-state index contributed by atoms with van der Waals surface area (Å²) in [5.74, 6) is 0.983. The van der Waals surface area contributed by atoms with Crippen LogP contribution in [0.1, 0.15) is 5.56 Å². The molecule has 0 radical (unpaired) electrons. The number of pyridine rings is 1. The van der Waals surface area contributed by atoms with E-state index >= 15 is 0 Å². The summed E-state index contributed by atoms with van der Waals surface area (Å²) in [5, 5.41) is 0.915. The van der Waals surface area contributed by atoms with Crippen molar-refractivity contribution in [3.8, 4) is 0 Å². The Balaban J connectivity index is 2.86. The minimum absolute atomic E-state index is 0.703. The molecule has 0 aliphatic carbocycles. The van der Waals surface area contributed by atoms with Crippen molar-refractivity contribution in [2.75, 3.05) is 37.0 Å². The molecule has 0 spiro atoms. The molecule has 90 valence electrons. The first-order valence-corrected chi connectivity index (χ1v) is 7.03. The molecule has 1 rings (SSSR count). The zero-order valence-electron chi connectivity index (χ0n) is 9.54. The Morgan fingerprint density at radius 2 is 2.19 bits per heavy atom. The number of halogens is 2. The number of aryl methyl sites for hydroxylation is 1. The van der Waals surface area contributed by atoms with Gasteiger partial charge in [0.15, 0.2) is 0 Å². The maximum atomic E-state index is 5.11. The van der Waals surface area contributed by atoms with E-state index in [1.54, 1.807) is 7.11 Å². The van der Waals surface area contributed by atoms with Gasteiger partial charge in [-0.1, -0.05) is 15.9 Å². The number of anilines is 1. The summed E-state index contributed by atoms with van der Waals surface area (Å²) in [6, 6.07) is 2.00. The monoisotopic (exact) mass is 350 g/mol. The Bertz CT molecular complexity index is 334. The molecule has 0 saturated carbocycles. The molecule has 0 bridgehead atoms. The van der Waals surface area contributed by atoms with Crippen LogP contribution in [-0.2, 0) is 4.74 Å². The summed E-state index contributed by atoms with van der Waals surface area (Å²) in [6.07, 6.45) is 1.84. The molecular weight excluding hydrogens is 336 g/mol. The Labute approximate surface area is 113 Å². The van der Waals surface area contributed by atoms with Gasteiger partial charge in [-0.2, -0.15) is 0 Å². The van der Waals surface area contributed by atoms with E-state index in [0.717, 1.165) is 28.7 Å². The van der Waals surface area contributed by atoms with Crippen LogP contribution in [-0.4, -0.2) is 37.1 Å². The number of aromatic nitrogens is 1. The van der Waals surface area contributed by atoms with E-state index in [0.29, 0.717) is 6.61 Å². The molecule has 0 atom stereocenters. The van der Waals surface area contributed by atoms with Crippen molar-refractivity contribution in [3.05, 3.63) is 22.3 Å². The highest BCUT2D eigenvalue weighted by atomic mass is 79.9. The maximum Gasteiger partial charge on any atom is 0.143 e. The SMILES string of the molecule is COCCN(CCBr)c1nccc(C)c1Br. The first-order valence-electron chi connectivity index (χ1n) is 5.11. The van der Waals surface area contributed by atoms with Gasteiger partial charge in [0.05, 0.1) is 11.1 Å². The number of ether oxygens (including phenoxy) is 1. The van der Waals surface area contributed by atoms with E-state index in [1.165, 1.54) is 5.56 Å². The fourth-order valence-corrected chi connectivity index (χ4v) is 2.29. The summed E-state index contributed by atoms with van der Waals surface area (Å²) >= 11 is 7.04. The molecule has 0 N–H and O–H groups in total. The molecule has 0 amide bonds. The third-order valence-electron chi connectivity index (χ3n) is 2.28. The Hall–Kier alpha value is -0.130. The molecule has 0 aromatic carbocycles. The van der Waals surface area contributed by atoms with Gasteiger partial charge in [-0.15, -0.1) is 0 Å². The third kappa shape index (κ3) is 3.71. The lowest BCUT2D eigenvalue weighted by Crippen LogP contribution is -2.30. The average molecular weight is 352 g/mol. The van der Waals surface area contributed by atoms with Gasteiger partial charge in [0.25, 0.3) is 0 Å². The van der Waals surface area contributed by atoms with Crippen molar-refractivity contribution in [2.24, 2.45) is 0 Å². The zero-order valence-corrected chi connectivity index (χ0v) is 12.7. The summed E-state index contributed by atoms with van der Waals surface area (Å²) in [7, 11) is 1.71. The Morgan fingerprint density at radius 1 is 1.44 bits per heavy atom. The van der Waals surface area contributed by atoms with Crippen molar-refractivity contribution in [1.29, 1.82) is 0 Å². The van der Waals surface area contributed by atoms with Gasteiger partial charge in [-0.3, -0.25) is 0 Å². The van der Waals surface area contributed by atoms with Crippen LogP contribution in [0.25, 0.3) is 0 Å². The summed E-state index contributed by atoms with van der Waals surface area (Å²) in [4.78, 5) is 6.62. The van der Waals surface area contributed by atoms with Crippen LogP contribution in [0.4, 0.5) is 5.82 Å². The first-order chi connectivity index (χ1) is 7.70. The minimum atomic E-state index is 0.703. The molecule has 0 aliphatic rings. The van der Waals surface area contributed by atoms with E-state index in [1.807, 2.05) is 12.3 Å². The van der Waals surface area contributed by atoms with E-state index in [2.05, 4.69) is 48.7 Å². The third-order valence-corrected chi connectivity index (χ3v) is 3.62. The average Bonchev–Trinajstić information content (AvgIpc) is 2.28. The predicted molar refractivity (Wildman–Crippen MR) is 74.6 cm³/mol. The van der Waals surface area contributed by atoms with Crippen molar-refractivity contribution in [3.63, 3.8) is 0 Å². The number of rotatable bonds is 6. The standard InChI is InChI=1S/C11H16Br2N2O/c1-9-3-5-14-11(10(9)13)15(6-4-12)7-8-16-2/h3,5H,4,6-8H2,1-2H3. The van der Waals surface area contributed by atoms with Crippen molar-refractivity contribution in [1.82, 2.24) is 4.98 Å². The van der Waals surface area contributed by atoms with Crippen LogP contribution in [0.2, 0.25) is 0 Å². The first kappa shape index (κ1) is 13.9. The largest absolute Gasteiger partial charge is 0.383 e. The van der Waals surface area contributed by atoms with Crippen LogP contribution < -0.4 is 4.90 Å². The Kier molecular flexibility index (Phi) is 6.31. The molecule has 1 aromatic heterocycles. The number of hydrogen-bond donors (Lipinski definition) is 0. The lowest BCUT2D eigenvalue weighted by Gasteiger charge is -2.24. The highest BCUT2D eigenvalue weighted by Crippen LogP contribution is 2.26. The number of nitrogens with zero attached hydrogens (tertiary/aromatic N) is 2. The molecule has 1 aromatic rings. The second kappa shape index (κ2) is 7.25. The summed E-state index contributed by atoms with van der Waals surface area (Å²) in [6.45, 7) is 4.53. The lowest BCUT2D eigenvalue weighted by molar-refractivity contribution is 0.205. The number of hydrogen-bond acceptors (Lipinski definition) is 3. The molecule has 1 heterocycles. The summed E-state index contributed by atoms with van der Waals surface area (Å²) in [5.41, 5.74) is 1.20. The Morgan fingerprint density at radius 3 is 2.81 bits per heavy atom. The number of alkyl halides is 1. The van der Waals surface area contributed by atoms with Crippen LogP contribution in [0.3, 0.4) is 0 Å². The molecular formula is C11H16Br2N2O. The maximum absolute atomic E-state index is 5.11. The molecule has 0 saturated heterocycles. The van der Waals surface area contributed by atoms with Gasteiger partial charge in [0, 0.05) is 31.7 Å². The predicted octanol–water partition coefficient (Wildman–Crippen LogP) is 3.00. The van der Waals surface area contributed by atoms with Gasteiger partial charge < -0.3 is 9.64 Å². The fraction of sp³-hybridized carbons (Fsp3) is 0.545. The van der Waals surface area contributed by atoms with Crippen LogP contribution in [0, 0.1) is 6.92 Å². The van der Waals surface area contributed by atoms with Crippen LogP contribution in [0.5, 0.6) is 0 Å². The molecule has 3 nitrogen and oxygen atoms in total.